The van der Waals surface area contributed by atoms with Crippen molar-refractivity contribution in [3.05, 3.63) is 34.9 Å². The number of unbranched alkanes of at least 4 members (excludes halogenated alkanes) is 21. The van der Waals surface area contributed by atoms with Crippen LogP contribution in [0.1, 0.15) is 200 Å². The summed E-state index contributed by atoms with van der Waals surface area (Å²) in [5, 5.41) is 20.9. The SMILES string of the molecule is CCCCC/C=C\CC1OC1CCCCCCCC(=O)O[C@H](COC(=O)CCCCCCCCCCCCCCCCC)COP(=O)(O)OP(=O)(O)OC[C@H]1O[C@@H](n2ccc(N)nc2=O)[C@H](O)[C@@H]1O. The average molecular weight is 1020 g/mol. The van der Waals surface area contributed by atoms with E-state index in [-0.39, 0.29) is 18.7 Å². The van der Waals surface area contributed by atoms with Crippen molar-refractivity contribution in [2.75, 3.05) is 25.6 Å². The van der Waals surface area contributed by atoms with Gasteiger partial charge in [0, 0.05) is 19.0 Å². The Morgan fingerprint density at radius 1 is 0.710 bits per heavy atom. The molecule has 4 unspecified atom stereocenters. The molecule has 0 spiro atoms. The molecule has 0 aromatic carbocycles. The molecule has 19 nitrogen and oxygen atoms in total. The normalized spacial score (nSPS) is 22.3. The van der Waals surface area contributed by atoms with Gasteiger partial charge in [-0.1, -0.05) is 154 Å². The van der Waals surface area contributed by atoms with Crippen LogP contribution in [0.25, 0.3) is 0 Å². The molecule has 0 saturated carbocycles. The Kier molecular flexibility index (Phi) is 30.6. The fourth-order valence-electron chi connectivity index (χ4n) is 8.14. The number of carbonyl (C=O) groups is 2. The molecule has 0 aliphatic carbocycles. The largest absolute Gasteiger partial charge is 0.481 e. The number of phosphoric ester groups is 2. The van der Waals surface area contributed by atoms with Crippen LogP contribution in [-0.2, 0) is 51.0 Å². The summed E-state index contributed by atoms with van der Waals surface area (Å²) in [4.78, 5) is 62.0. The van der Waals surface area contributed by atoms with E-state index in [0.717, 1.165) is 75.2 Å². The van der Waals surface area contributed by atoms with Crippen LogP contribution in [-0.4, -0.2) is 97.9 Å². The Morgan fingerprint density at radius 3 is 1.87 bits per heavy atom. The monoisotopic (exact) mass is 1020 g/mol. The number of epoxide rings is 1. The number of hydrogen-bond donors (Lipinski definition) is 5. The number of aromatic nitrogens is 2. The Labute approximate surface area is 409 Å². The van der Waals surface area contributed by atoms with Crippen LogP contribution >= 0.6 is 15.6 Å². The molecule has 69 heavy (non-hydrogen) atoms. The molecule has 2 fully saturated rings. The van der Waals surface area contributed by atoms with Crippen LogP contribution in [0.3, 0.4) is 0 Å². The standard InChI is InChI=1S/C48H85N3O16P2/c1-3-5-7-9-11-12-13-14-15-16-17-18-19-23-27-31-43(52)61-35-38(64-44(53)32-28-24-20-22-26-30-40-39(65-40)29-25-21-10-8-6-4-2)36-62-68(57,58)67-69(59,60)63-37-41-45(54)46(55)47(66-41)51-34-33-42(49)50-48(51)56/h21,25,33-34,38-41,45-47,54-55H,3-20,22-24,26-32,35-37H2,1-2H3,(H,57,58)(H,59,60)(H2,49,50,56)/b25-21-/t38-,39?,40?,41-,45-,46-,47-/m1/s1. The molecule has 1 aromatic rings. The van der Waals surface area contributed by atoms with Gasteiger partial charge in [0.25, 0.3) is 0 Å². The lowest BCUT2D eigenvalue weighted by molar-refractivity contribution is -0.161. The number of esters is 2. The van der Waals surface area contributed by atoms with Gasteiger partial charge in [-0.05, 0) is 44.6 Å². The van der Waals surface area contributed by atoms with Gasteiger partial charge in [0.1, 0.15) is 30.7 Å². The van der Waals surface area contributed by atoms with Crippen LogP contribution in [0.15, 0.2) is 29.2 Å². The number of anilines is 1. The number of rotatable bonds is 42. The number of nitrogens with two attached hydrogens (primary N) is 1. The summed E-state index contributed by atoms with van der Waals surface area (Å²) in [7, 11) is -10.8. The lowest BCUT2D eigenvalue weighted by Crippen LogP contribution is -2.36. The zero-order valence-corrected chi connectivity index (χ0v) is 43.1. The number of aliphatic hydroxyl groups is 2. The van der Waals surface area contributed by atoms with Crippen molar-refractivity contribution in [3.63, 3.8) is 0 Å². The van der Waals surface area contributed by atoms with Gasteiger partial charge in [-0.2, -0.15) is 9.29 Å². The van der Waals surface area contributed by atoms with Gasteiger partial charge < -0.3 is 44.7 Å². The smallest absolute Gasteiger partial charge is 0.462 e. The minimum Gasteiger partial charge on any atom is -0.462 e. The molecule has 0 amide bonds. The van der Waals surface area contributed by atoms with Crippen molar-refractivity contribution in [1.29, 1.82) is 0 Å². The first-order chi connectivity index (χ1) is 33.1. The van der Waals surface area contributed by atoms with Crippen molar-refractivity contribution in [2.45, 2.75) is 236 Å². The molecule has 2 aliphatic rings. The fourth-order valence-corrected chi connectivity index (χ4v) is 10.3. The molecule has 398 valence electrons. The van der Waals surface area contributed by atoms with Gasteiger partial charge >= 0.3 is 33.3 Å². The summed E-state index contributed by atoms with van der Waals surface area (Å²) in [5.74, 6) is -1.31. The topological polar surface area (TPSA) is 278 Å². The van der Waals surface area contributed by atoms with Crippen LogP contribution in [0.4, 0.5) is 5.82 Å². The van der Waals surface area contributed by atoms with Crippen LogP contribution in [0.2, 0.25) is 0 Å². The van der Waals surface area contributed by atoms with Crippen molar-refractivity contribution in [2.24, 2.45) is 0 Å². The van der Waals surface area contributed by atoms with Gasteiger partial charge in [0.05, 0.1) is 25.4 Å². The van der Waals surface area contributed by atoms with Crippen molar-refractivity contribution in [3.8, 4) is 0 Å². The molecule has 2 aliphatic heterocycles. The van der Waals surface area contributed by atoms with Gasteiger partial charge in [-0.25, -0.2) is 13.9 Å². The third-order valence-electron chi connectivity index (χ3n) is 12.3. The highest BCUT2D eigenvalue weighted by Gasteiger charge is 2.46. The molecule has 3 rings (SSSR count). The minimum absolute atomic E-state index is 0.0308. The third kappa shape index (κ3) is 27.2. The summed E-state index contributed by atoms with van der Waals surface area (Å²) < 4.78 is 62.6. The van der Waals surface area contributed by atoms with Crippen LogP contribution in [0, 0.1) is 0 Å². The molecular weight excluding hydrogens is 936 g/mol. The lowest BCUT2D eigenvalue weighted by Gasteiger charge is -2.21. The Bertz CT molecular complexity index is 1770. The first-order valence-electron chi connectivity index (χ1n) is 25.8. The van der Waals surface area contributed by atoms with Crippen LogP contribution < -0.4 is 11.4 Å². The van der Waals surface area contributed by atoms with Crippen molar-refractivity contribution < 1.29 is 71.0 Å². The molecule has 6 N–H and O–H groups in total. The van der Waals surface area contributed by atoms with E-state index in [9.17, 15) is 43.5 Å². The zero-order valence-electron chi connectivity index (χ0n) is 41.3. The number of aliphatic hydroxyl groups excluding tert-OH is 2. The maximum absolute atomic E-state index is 12.9. The predicted octanol–water partition coefficient (Wildman–Crippen LogP) is 9.44. The average Bonchev–Trinajstić information content (AvgIpc) is 3.99. The maximum atomic E-state index is 12.9. The number of carbonyl (C=O) groups excluding carboxylic acids is 2. The van der Waals surface area contributed by atoms with E-state index in [4.69, 9.17) is 33.7 Å². The molecule has 3 heterocycles. The summed E-state index contributed by atoms with van der Waals surface area (Å²) in [6.45, 7) is 2.12. The van der Waals surface area contributed by atoms with E-state index in [0.29, 0.717) is 25.0 Å². The number of allylic oxidation sites excluding steroid dienone is 1. The van der Waals surface area contributed by atoms with E-state index in [1.54, 1.807) is 0 Å². The molecule has 2 saturated heterocycles. The summed E-state index contributed by atoms with van der Waals surface area (Å²) >= 11 is 0. The van der Waals surface area contributed by atoms with Crippen LogP contribution in [0.5, 0.6) is 0 Å². The highest BCUT2D eigenvalue weighted by molar-refractivity contribution is 7.61. The van der Waals surface area contributed by atoms with Gasteiger partial charge in [0.15, 0.2) is 12.3 Å². The second-order valence-electron chi connectivity index (χ2n) is 18.4. The van der Waals surface area contributed by atoms with E-state index in [1.165, 1.54) is 95.7 Å². The van der Waals surface area contributed by atoms with Crippen molar-refractivity contribution in [1.82, 2.24) is 9.55 Å². The minimum atomic E-state index is -5.43. The second kappa shape index (κ2) is 34.8. The van der Waals surface area contributed by atoms with Gasteiger partial charge in [-0.3, -0.25) is 23.2 Å². The molecule has 0 bridgehead atoms. The highest BCUT2D eigenvalue weighted by Crippen LogP contribution is 2.60. The number of phosphoric acid groups is 2. The number of ether oxygens (including phenoxy) is 4. The fraction of sp³-hybridized carbons (Fsp3) is 0.833. The van der Waals surface area contributed by atoms with E-state index < -0.39 is 83.7 Å². The number of nitrogens with zero attached hydrogens (tertiary/aromatic N) is 2. The lowest BCUT2D eigenvalue weighted by atomic mass is 10.0. The maximum Gasteiger partial charge on any atom is 0.481 e. The number of nitrogen functional groups attached to an aromatic ring is 1. The Morgan fingerprint density at radius 2 is 1.26 bits per heavy atom. The molecule has 1 aromatic heterocycles. The number of hydrogen-bond acceptors (Lipinski definition) is 16. The molecular formula is C48H85N3O16P2. The van der Waals surface area contributed by atoms with Crippen molar-refractivity contribution >= 4 is 33.4 Å². The predicted molar refractivity (Wildman–Crippen MR) is 261 cm³/mol. The third-order valence-corrected chi connectivity index (χ3v) is 14.9. The molecule has 9 atom stereocenters. The first kappa shape index (κ1) is 60.8. The highest BCUT2D eigenvalue weighted by atomic mass is 31.3. The van der Waals surface area contributed by atoms with Gasteiger partial charge in [-0.15, -0.1) is 0 Å². The van der Waals surface area contributed by atoms with E-state index >= 15 is 0 Å². The van der Waals surface area contributed by atoms with E-state index in [2.05, 4.69) is 35.3 Å². The summed E-state index contributed by atoms with van der Waals surface area (Å²) in [6.07, 6.45) is 27.3. The Hall–Kier alpha value is -2.54. The molecule has 21 heteroatoms. The quantitative estimate of drug-likeness (QED) is 0.0134. The second-order valence-corrected chi connectivity index (χ2v) is 21.5. The summed E-state index contributed by atoms with van der Waals surface area (Å²) in [5.41, 5.74) is 4.59. The summed E-state index contributed by atoms with van der Waals surface area (Å²) in [6, 6.07) is 1.25. The Balaban J connectivity index is 1.39. The first-order valence-corrected chi connectivity index (χ1v) is 28.8. The van der Waals surface area contributed by atoms with E-state index in [1.807, 2.05) is 0 Å². The van der Waals surface area contributed by atoms with Gasteiger partial charge in [0.2, 0.25) is 0 Å². The molecule has 0 radical (unpaired) electrons. The zero-order chi connectivity index (χ0) is 50.3.